The summed E-state index contributed by atoms with van der Waals surface area (Å²) in [6, 6.07) is 12.3. The van der Waals surface area contributed by atoms with E-state index in [-0.39, 0.29) is 27.0 Å². The van der Waals surface area contributed by atoms with Crippen LogP contribution in [0.25, 0.3) is 0 Å². The molecule has 3 aromatic carbocycles. The van der Waals surface area contributed by atoms with Crippen molar-refractivity contribution in [3.8, 4) is 5.75 Å². The lowest BCUT2D eigenvalue weighted by atomic mass is 9.82. The van der Waals surface area contributed by atoms with Crippen molar-refractivity contribution in [2.24, 2.45) is 5.92 Å². The number of halogens is 7. The smallest absolute Gasteiger partial charge is 0.418 e. The number of para-hydroxylation sites is 1. The Morgan fingerprint density at radius 3 is 2.40 bits per heavy atom. The molecule has 0 aliphatic carbocycles. The van der Waals surface area contributed by atoms with Crippen LogP contribution in [0.15, 0.2) is 76.6 Å². The summed E-state index contributed by atoms with van der Waals surface area (Å²) in [5.74, 6) is -5.17. The van der Waals surface area contributed by atoms with E-state index in [0.29, 0.717) is 9.78 Å². The summed E-state index contributed by atoms with van der Waals surface area (Å²) in [6.07, 6.45) is -9.53. The minimum absolute atomic E-state index is 0.0227. The van der Waals surface area contributed by atoms with Gasteiger partial charge in [-0.15, -0.1) is 0 Å². The third-order valence-electron chi connectivity index (χ3n) is 7.41. The molecule has 6 rings (SSSR count). The number of carbonyl (C=O) groups is 3. The Labute approximate surface area is 273 Å². The Hall–Kier alpha value is -4.28. The van der Waals surface area contributed by atoms with Crippen LogP contribution in [0.3, 0.4) is 0 Å². The molecule has 244 valence electrons. The number of rotatable bonds is 6. The molecule has 1 fully saturated rings. The number of anilines is 2. The van der Waals surface area contributed by atoms with Crippen LogP contribution in [0.1, 0.15) is 27.5 Å². The van der Waals surface area contributed by atoms with Crippen LogP contribution in [0, 0.1) is 5.92 Å². The van der Waals surface area contributed by atoms with E-state index in [1.807, 2.05) is 0 Å². The number of nitrogens with zero attached hydrogens (tertiary/aromatic N) is 1. The zero-order chi connectivity index (χ0) is 33.8. The highest BCUT2D eigenvalue weighted by molar-refractivity contribution is 8.00. The third kappa shape index (κ3) is 6.24. The fraction of sp³-hybridized carbons (Fsp3) is 0.200. The average molecular weight is 714 g/mol. The highest BCUT2D eigenvalue weighted by Crippen LogP contribution is 2.55. The standard InChI is InChI=1S/C30H18ClF6N3O5S2/c31-14-8-9-19(45-12-20(41)38-15-5-3-4-13(10-15)29(32,33)34)16(11-14)21-22-24(46-25-23(21)47-28(44)39-25)27(43)40(26(22)42)18-7-2-1-6-17(18)30(35,36)37/h1-11,21-22,24H,12H2,(H,38,41)(H,39,44)/t21-,22?,24?/m1/s1. The number of aromatic nitrogens is 1. The maximum atomic E-state index is 14.0. The van der Waals surface area contributed by atoms with Gasteiger partial charge in [0.25, 0.3) is 5.91 Å². The van der Waals surface area contributed by atoms with Crippen LogP contribution in [0.5, 0.6) is 5.75 Å². The molecule has 0 radical (unpaired) electrons. The molecule has 8 nitrogen and oxygen atoms in total. The predicted octanol–water partition coefficient (Wildman–Crippen LogP) is 6.94. The molecular weight excluding hydrogens is 696 g/mol. The van der Waals surface area contributed by atoms with Gasteiger partial charge >= 0.3 is 17.2 Å². The first-order valence-corrected chi connectivity index (χ1v) is 15.5. The van der Waals surface area contributed by atoms with Gasteiger partial charge in [0.2, 0.25) is 11.8 Å². The molecule has 2 aliphatic rings. The Morgan fingerprint density at radius 2 is 1.68 bits per heavy atom. The maximum Gasteiger partial charge on any atom is 0.418 e. The number of benzene rings is 3. The first-order chi connectivity index (χ1) is 22.1. The predicted molar refractivity (Wildman–Crippen MR) is 161 cm³/mol. The van der Waals surface area contributed by atoms with Gasteiger partial charge in [0, 0.05) is 27.1 Å². The number of thioether (sulfide) groups is 1. The largest absolute Gasteiger partial charge is 0.483 e. The Balaban J connectivity index is 1.35. The number of carbonyl (C=O) groups excluding carboxylic acids is 3. The van der Waals surface area contributed by atoms with Crippen molar-refractivity contribution < 1.29 is 45.5 Å². The lowest BCUT2D eigenvalue weighted by molar-refractivity contribution is -0.138. The molecule has 47 heavy (non-hydrogen) atoms. The second-order valence-electron chi connectivity index (χ2n) is 10.4. The van der Waals surface area contributed by atoms with Crippen molar-refractivity contribution >= 4 is 63.8 Å². The van der Waals surface area contributed by atoms with E-state index in [4.69, 9.17) is 16.3 Å². The maximum absolute atomic E-state index is 14.0. The Bertz CT molecular complexity index is 1980. The van der Waals surface area contributed by atoms with Crippen molar-refractivity contribution in [2.75, 3.05) is 16.8 Å². The molecule has 4 aromatic rings. The Kier molecular flexibility index (Phi) is 8.38. The van der Waals surface area contributed by atoms with Gasteiger partial charge in [0.15, 0.2) is 6.61 Å². The van der Waals surface area contributed by atoms with Crippen LogP contribution in [0.2, 0.25) is 5.02 Å². The molecule has 3 heterocycles. The van der Waals surface area contributed by atoms with Gasteiger partial charge in [-0.2, -0.15) is 26.3 Å². The minimum atomic E-state index is -4.89. The van der Waals surface area contributed by atoms with Crippen LogP contribution in [0.4, 0.5) is 37.7 Å². The van der Waals surface area contributed by atoms with Crippen molar-refractivity contribution in [2.45, 2.75) is 28.5 Å². The van der Waals surface area contributed by atoms with Crippen LogP contribution < -0.4 is 19.8 Å². The molecular formula is C30H18ClF6N3O5S2. The number of hydrogen-bond acceptors (Lipinski definition) is 7. The number of imide groups is 1. The summed E-state index contributed by atoms with van der Waals surface area (Å²) < 4.78 is 86.8. The molecule has 0 bridgehead atoms. The number of amides is 3. The van der Waals surface area contributed by atoms with Crippen LogP contribution >= 0.6 is 34.7 Å². The number of alkyl halides is 6. The monoisotopic (exact) mass is 713 g/mol. The van der Waals surface area contributed by atoms with Gasteiger partial charge in [-0.25, -0.2) is 4.90 Å². The van der Waals surface area contributed by atoms with E-state index in [0.717, 1.165) is 59.5 Å². The zero-order valence-corrected chi connectivity index (χ0v) is 25.6. The average Bonchev–Trinajstić information content (AvgIpc) is 3.49. The zero-order valence-electron chi connectivity index (χ0n) is 23.2. The lowest BCUT2D eigenvalue weighted by Crippen LogP contribution is -2.33. The minimum Gasteiger partial charge on any atom is -0.483 e. The van der Waals surface area contributed by atoms with Gasteiger partial charge in [-0.1, -0.05) is 52.9 Å². The molecule has 1 saturated heterocycles. The van der Waals surface area contributed by atoms with Crippen molar-refractivity contribution in [1.82, 2.24) is 4.98 Å². The number of H-pyrrole nitrogens is 1. The fourth-order valence-electron chi connectivity index (χ4n) is 5.51. The van der Waals surface area contributed by atoms with Crippen molar-refractivity contribution in [3.05, 3.63) is 103 Å². The molecule has 0 saturated carbocycles. The van der Waals surface area contributed by atoms with E-state index >= 15 is 0 Å². The van der Waals surface area contributed by atoms with Crippen LogP contribution in [-0.2, 0) is 26.7 Å². The summed E-state index contributed by atoms with van der Waals surface area (Å²) in [7, 11) is 0. The second kappa shape index (κ2) is 12.1. The number of fused-ring (bicyclic) bond motifs is 2. The van der Waals surface area contributed by atoms with E-state index in [9.17, 15) is 45.5 Å². The number of aromatic amines is 1. The van der Waals surface area contributed by atoms with E-state index in [1.165, 1.54) is 30.3 Å². The number of nitrogens with one attached hydrogen (secondary N) is 2. The summed E-state index contributed by atoms with van der Waals surface area (Å²) >= 11 is 7.88. The second-order valence-corrected chi connectivity index (χ2v) is 13.0. The summed E-state index contributed by atoms with van der Waals surface area (Å²) in [4.78, 5) is 55.8. The number of thiazole rings is 1. The molecule has 3 atom stereocenters. The molecule has 3 amide bonds. The SMILES string of the molecule is O=C(COc1ccc(Cl)cc1[C@H]1c2sc(=O)[nH]c2SC2C(=O)N(c3ccccc3C(F)(F)F)C(=O)C21)Nc1cccc(C(F)(F)F)c1. The topological polar surface area (TPSA) is 109 Å². The van der Waals surface area contributed by atoms with Gasteiger partial charge in [-0.3, -0.25) is 19.2 Å². The molecule has 0 spiro atoms. The first-order valence-electron chi connectivity index (χ1n) is 13.5. The molecule has 17 heteroatoms. The molecule has 2 N–H and O–H groups in total. The Morgan fingerprint density at radius 1 is 0.936 bits per heavy atom. The number of ether oxygens (including phenoxy) is 1. The van der Waals surface area contributed by atoms with Gasteiger partial charge in [-0.05, 0) is 48.5 Å². The highest BCUT2D eigenvalue weighted by atomic mass is 35.5. The molecule has 2 unspecified atom stereocenters. The van der Waals surface area contributed by atoms with E-state index in [2.05, 4.69) is 10.3 Å². The quantitative estimate of drug-likeness (QED) is 0.166. The van der Waals surface area contributed by atoms with Gasteiger partial charge in [0.05, 0.1) is 27.8 Å². The van der Waals surface area contributed by atoms with E-state index in [1.54, 1.807) is 0 Å². The van der Waals surface area contributed by atoms with Gasteiger partial charge < -0.3 is 15.0 Å². The summed E-state index contributed by atoms with van der Waals surface area (Å²) in [5.41, 5.74) is -2.81. The van der Waals surface area contributed by atoms with Gasteiger partial charge in [0.1, 0.15) is 11.0 Å². The molecule has 2 aliphatic heterocycles. The normalized spacial score (nSPS) is 19.4. The van der Waals surface area contributed by atoms with Crippen LogP contribution in [-0.4, -0.2) is 34.6 Å². The summed E-state index contributed by atoms with van der Waals surface area (Å²) in [5, 5.41) is 1.43. The van der Waals surface area contributed by atoms with Crippen molar-refractivity contribution in [3.63, 3.8) is 0 Å². The van der Waals surface area contributed by atoms with Crippen molar-refractivity contribution in [1.29, 1.82) is 0 Å². The summed E-state index contributed by atoms with van der Waals surface area (Å²) in [6.45, 7) is -0.714. The lowest BCUT2D eigenvalue weighted by Gasteiger charge is -2.31. The fourth-order valence-corrected chi connectivity index (χ4v) is 8.19. The van der Waals surface area contributed by atoms with E-state index < -0.39 is 75.5 Å². The first kappa shape index (κ1) is 32.7. The third-order valence-corrected chi connectivity index (χ3v) is 10.0. The number of hydrogen-bond donors (Lipinski definition) is 2. The highest BCUT2D eigenvalue weighted by Gasteiger charge is 2.57. The molecule has 1 aromatic heterocycles.